The highest BCUT2D eigenvalue weighted by Gasteiger charge is 2.48. The van der Waals surface area contributed by atoms with E-state index in [1.54, 1.807) is 0 Å². The molecule has 0 aromatic heterocycles. The fourth-order valence-corrected chi connectivity index (χ4v) is 5.38. The third-order valence-electron chi connectivity index (χ3n) is 7.93. The van der Waals surface area contributed by atoms with Crippen molar-refractivity contribution in [3.63, 3.8) is 0 Å². The smallest absolute Gasteiger partial charge is 0.230 e. The Morgan fingerprint density at radius 2 is 1.26 bits per heavy atom. The van der Waals surface area contributed by atoms with E-state index in [1.165, 1.54) is 0 Å². The van der Waals surface area contributed by atoms with Crippen LogP contribution in [0.25, 0.3) is 0 Å². The van der Waals surface area contributed by atoms with Crippen LogP contribution in [0.1, 0.15) is 62.5 Å². The molecule has 31 heavy (non-hydrogen) atoms. The lowest BCUT2D eigenvalue weighted by molar-refractivity contribution is -0.132. The van der Waals surface area contributed by atoms with Crippen LogP contribution >= 0.6 is 0 Å². The van der Waals surface area contributed by atoms with Gasteiger partial charge in [-0.1, -0.05) is 73.5 Å². The van der Waals surface area contributed by atoms with Crippen LogP contribution in [0.4, 0.5) is 0 Å². The maximum absolute atomic E-state index is 13.4. The van der Waals surface area contributed by atoms with Crippen molar-refractivity contribution in [1.82, 2.24) is 10.6 Å². The van der Waals surface area contributed by atoms with Crippen molar-refractivity contribution < 1.29 is 9.59 Å². The average molecular weight is 417 g/mol. The van der Waals surface area contributed by atoms with Crippen LogP contribution in [0.3, 0.4) is 0 Å². The van der Waals surface area contributed by atoms with Crippen molar-refractivity contribution in [3.05, 3.63) is 71.8 Å². The summed E-state index contributed by atoms with van der Waals surface area (Å²) >= 11 is 0. The molecule has 0 spiro atoms. The van der Waals surface area contributed by atoms with Crippen molar-refractivity contribution in [1.29, 1.82) is 0 Å². The van der Waals surface area contributed by atoms with Gasteiger partial charge in [0.1, 0.15) is 0 Å². The van der Waals surface area contributed by atoms with Gasteiger partial charge in [0, 0.05) is 12.6 Å². The lowest BCUT2D eigenvalue weighted by Crippen LogP contribution is -2.56. The van der Waals surface area contributed by atoms with Crippen LogP contribution in [0.5, 0.6) is 0 Å². The summed E-state index contributed by atoms with van der Waals surface area (Å²) in [5, 5.41) is 6.57. The molecule has 0 aliphatic heterocycles. The molecule has 0 saturated heterocycles. The number of amides is 2. The third kappa shape index (κ3) is 3.66. The lowest BCUT2D eigenvalue weighted by Gasteiger charge is -2.42. The predicted octanol–water partition coefficient (Wildman–Crippen LogP) is 4.24. The summed E-state index contributed by atoms with van der Waals surface area (Å²) in [6.45, 7) is 0.523. The fourth-order valence-electron chi connectivity index (χ4n) is 5.38. The molecule has 4 heteroatoms. The molecule has 3 aliphatic rings. The van der Waals surface area contributed by atoms with Gasteiger partial charge in [-0.15, -0.1) is 0 Å². The first kappa shape index (κ1) is 20.3. The standard InChI is InChI=1S/C27H32N2O2/c30-24(26(15-7-16-26)21-9-3-1-4-10-21)28-19-23(20-13-14-20)29-25(31)27(17-8-18-27)22-11-5-2-6-12-22/h1-6,9-12,20,23H,7-8,13-19H2,(H,28,30)(H,29,31). The normalized spacial score (nSPS) is 21.8. The van der Waals surface area contributed by atoms with Crippen molar-refractivity contribution in [3.8, 4) is 0 Å². The summed E-state index contributed by atoms with van der Waals surface area (Å²) in [7, 11) is 0. The topological polar surface area (TPSA) is 58.2 Å². The molecule has 2 aromatic carbocycles. The minimum absolute atomic E-state index is 0.0190. The van der Waals surface area contributed by atoms with E-state index < -0.39 is 10.8 Å². The van der Waals surface area contributed by atoms with Gasteiger partial charge in [-0.2, -0.15) is 0 Å². The van der Waals surface area contributed by atoms with E-state index in [9.17, 15) is 9.59 Å². The van der Waals surface area contributed by atoms with Gasteiger partial charge in [-0.25, -0.2) is 0 Å². The maximum atomic E-state index is 13.4. The van der Waals surface area contributed by atoms with Gasteiger partial charge in [0.15, 0.2) is 0 Å². The van der Waals surface area contributed by atoms with Crippen LogP contribution < -0.4 is 10.6 Å². The minimum Gasteiger partial charge on any atom is -0.353 e. The number of rotatable bonds is 8. The second kappa shape index (κ2) is 8.14. The maximum Gasteiger partial charge on any atom is 0.230 e. The highest BCUT2D eigenvalue weighted by Crippen LogP contribution is 2.45. The molecule has 2 N–H and O–H groups in total. The Labute approximate surface area is 184 Å². The monoisotopic (exact) mass is 416 g/mol. The Morgan fingerprint density at radius 3 is 1.68 bits per heavy atom. The van der Waals surface area contributed by atoms with E-state index in [0.717, 1.165) is 62.5 Å². The largest absolute Gasteiger partial charge is 0.353 e. The minimum atomic E-state index is -0.391. The summed E-state index contributed by atoms with van der Waals surface area (Å²) in [4.78, 5) is 26.6. The highest BCUT2D eigenvalue weighted by molar-refractivity contribution is 5.90. The lowest BCUT2D eigenvalue weighted by atomic mass is 9.63. The van der Waals surface area contributed by atoms with Crippen LogP contribution in [-0.2, 0) is 20.4 Å². The van der Waals surface area contributed by atoms with Crippen LogP contribution in [0.15, 0.2) is 60.7 Å². The second-order valence-electron chi connectivity index (χ2n) is 9.73. The van der Waals surface area contributed by atoms with Gasteiger partial charge < -0.3 is 10.6 Å². The molecule has 3 aliphatic carbocycles. The van der Waals surface area contributed by atoms with Gasteiger partial charge >= 0.3 is 0 Å². The number of hydrogen-bond acceptors (Lipinski definition) is 2. The third-order valence-corrected chi connectivity index (χ3v) is 7.93. The Kier molecular flexibility index (Phi) is 5.33. The van der Waals surface area contributed by atoms with E-state index in [-0.39, 0.29) is 17.9 Å². The number of carbonyl (C=O) groups is 2. The average Bonchev–Trinajstić information content (AvgIpc) is 3.56. The number of carbonyl (C=O) groups excluding carboxylic acids is 2. The van der Waals surface area contributed by atoms with E-state index in [1.807, 2.05) is 36.4 Å². The molecule has 0 heterocycles. The first-order valence-electron chi connectivity index (χ1n) is 11.8. The molecule has 4 nitrogen and oxygen atoms in total. The molecule has 1 unspecified atom stereocenters. The van der Waals surface area contributed by atoms with E-state index in [4.69, 9.17) is 0 Å². The van der Waals surface area contributed by atoms with Crippen molar-refractivity contribution in [2.45, 2.75) is 68.2 Å². The SMILES string of the molecule is O=C(NCC(NC(=O)C1(c2ccccc2)CCC1)C1CC1)C1(c2ccccc2)CCC1. The Balaban J connectivity index is 1.26. The zero-order valence-corrected chi connectivity index (χ0v) is 18.1. The highest BCUT2D eigenvalue weighted by atomic mass is 16.2. The molecule has 2 amide bonds. The zero-order valence-electron chi connectivity index (χ0n) is 18.1. The molecule has 3 saturated carbocycles. The molecule has 162 valence electrons. The Bertz CT molecular complexity index is 928. The van der Waals surface area contributed by atoms with Crippen molar-refractivity contribution in [2.24, 2.45) is 5.92 Å². The molecular formula is C27H32N2O2. The molecule has 2 aromatic rings. The summed E-state index contributed by atoms with van der Waals surface area (Å²) in [6.07, 6.45) is 8.05. The van der Waals surface area contributed by atoms with Gasteiger partial charge in [0.2, 0.25) is 11.8 Å². The van der Waals surface area contributed by atoms with Gasteiger partial charge in [0.05, 0.1) is 10.8 Å². The summed E-state index contributed by atoms with van der Waals surface area (Å²) in [5.41, 5.74) is 1.45. The quantitative estimate of drug-likeness (QED) is 0.676. The summed E-state index contributed by atoms with van der Waals surface area (Å²) in [6, 6.07) is 20.4. The summed E-state index contributed by atoms with van der Waals surface area (Å²) in [5.74, 6) is 0.731. The van der Waals surface area contributed by atoms with Gasteiger partial charge in [-0.3, -0.25) is 9.59 Å². The molecule has 1 atom stereocenters. The second-order valence-corrected chi connectivity index (χ2v) is 9.73. The van der Waals surface area contributed by atoms with Gasteiger partial charge in [0.25, 0.3) is 0 Å². The van der Waals surface area contributed by atoms with E-state index in [2.05, 4.69) is 34.9 Å². The molecule has 5 rings (SSSR count). The fraction of sp³-hybridized carbons (Fsp3) is 0.481. The van der Waals surface area contributed by atoms with Gasteiger partial charge in [-0.05, 0) is 55.6 Å². The first-order chi connectivity index (χ1) is 15.1. The van der Waals surface area contributed by atoms with Crippen LogP contribution in [0.2, 0.25) is 0 Å². The van der Waals surface area contributed by atoms with Crippen LogP contribution in [0, 0.1) is 5.92 Å². The predicted molar refractivity (Wildman–Crippen MR) is 122 cm³/mol. The van der Waals surface area contributed by atoms with Crippen LogP contribution in [-0.4, -0.2) is 24.4 Å². The number of hydrogen-bond donors (Lipinski definition) is 2. The molecule has 0 radical (unpaired) electrons. The molecule has 0 bridgehead atoms. The molecular weight excluding hydrogens is 384 g/mol. The molecule has 3 fully saturated rings. The van der Waals surface area contributed by atoms with Crippen molar-refractivity contribution >= 4 is 11.8 Å². The first-order valence-corrected chi connectivity index (χ1v) is 11.8. The number of benzene rings is 2. The Morgan fingerprint density at radius 1 is 0.774 bits per heavy atom. The van der Waals surface area contributed by atoms with E-state index >= 15 is 0 Å². The number of nitrogens with one attached hydrogen (secondary N) is 2. The Hall–Kier alpha value is -2.62. The van der Waals surface area contributed by atoms with Crippen molar-refractivity contribution in [2.75, 3.05) is 6.54 Å². The van der Waals surface area contributed by atoms with E-state index in [0.29, 0.717) is 12.5 Å². The zero-order chi connectivity index (χ0) is 21.3. The summed E-state index contributed by atoms with van der Waals surface area (Å²) < 4.78 is 0.